The molecule has 1 amide bonds. The van der Waals surface area contributed by atoms with E-state index in [0.29, 0.717) is 33.8 Å². The van der Waals surface area contributed by atoms with Crippen molar-refractivity contribution in [2.75, 3.05) is 19.5 Å². The standard InChI is InChI=1S/C22H18ClN5O4/c1-30-19-13-17(20(31-2)12-16(19)23)24-22(29)18(11-15-9-6-10-32-15)28-21(25-26-27-28)14-7-4-3-5-8-14/h3-13H,1-2H3,(H,24,29)/b18-11-. The predicted octanol–water partition coefficient (Wildman–Crippen LogP) is 4.24. The zero-order chi connectivity index (χ0) is 22.5. The Morgan fingerprint density at radius 1 is 1.09 bits per heavy atom. The monoisotopic (exact) mass is 451 g/mol. The maximum absolute atomic E-state index is 13.4. The third-order valence-electron chi connectivity index (χ3n) is 4.51. The molecule has 2 aromatic heterocycles. The zero-order valence-corrected chi connectivity index (χ0v) is 17.9. The van der Waals surface area contributed by atoms with E-state index in [1.54, 1.807) is 24.3 Å². The number of methoxy groups -OCH3 is 2. The minimum absolute atomic E-state index is 0.125. The van der Waals surface area contributed by atoms with Crippen LogP contribution >= 0.6 is 11.6 Å². The van der Waals surface area contributed by atoms with Gasteiger partial charge in [0.1, 0.15) is 23.0 Å². The van der Waals surface area contributed by atoms with E-state index in [1.165, 1.54) is 31.2 Å². The number of benzene rings is 2. The Labute approximate surface area is 188 Å². The molecule has 0 radical (unpaired) electrons. The number of halogens is 1. The van der Waals surface area contributed by atoms with E-state index in [1.807, 2.05) is 30.3 Å². The van der Waals surface area contributed by atoms with Crippen LogP contribution in [-0.4, -0.2) is 40.3 Å². The highest BCUT2D eigenvalue weighted by atomic mass is 35.5. The number of aromatic nitrogens is 4. The molecule has 1 N–H and O–H groups in total. The molecule has 9 nitrogen and oxygen atoms in total. The first kappa shape index (κ1) is 21.1. The molecule has 0 aliphatic rings. The summed E-state index contributed by atoms with van der Waals surface area (Å²) in [6.45, 7) is 0. The molecule has 0 saturated heterocycles. The number of nitrogens with zero attached hydrogens (tertiary/aromatic N) is 4. The number of anilines is 1. The number of rotatable bonds is 7. The van der Waals surface area contributed by atoms with Crippen molar-refractivity contribution >= 4 is 35.0 Å². The first-order valence-corrected chi connectivity index (χ1v) is 9.80. The highest BCUT2D eigenvalue weighted by Crippen LogP contribution is 2.36. The van der Waals surface area contributed by atoms with Crippen LogP contribution in [0.4, 0.5) is 5.69 Å². The lowest BCUT2D eigenvalue weighted by molar-refractivity contribution is -0.111. The van der Waals surface area contributed by atoms with Crippen molar-refractivity contribution < 1.29 is 18.7 Å². The summed E-state index contributed by atoms with van der Waals surface area (Å²) >= 11 is 6.17. The molecule has 0 saturated carbocycles. The Hall–Kier alpha value is -4.11. The molecule has 10 heteroatoms. The fraction of sp³-hybridized carbons (Fsp3) is 0.0909. The third-order valence-corrected chi connectivity index (χ3v) is 4.80. The van der Waals surface area contributed by atoms with E-state index < -0.39 is 5.91 Å². The van der Waals surface area contributed by atoms with Gasteiger partial charge in [0.25, 0.3) is 5.91 Å². The van der Waals surface area contributed by atoms with E-state index in [0.717, 1.165) is 5.56 Å². The number of tetrazole rings is 1. The summed E-state index contributed by atoms with van der Waals surface area (Å²) in [6, 6.07) is 15.8. The van der Waals surface area contributed by atoms with Gasteiger partial charge in [0.05, 0.1) is 31.2 Å². The van der Waals surface area contributed by atoms with Crippen LogP contribution in [0.25, 0.3) is 23.2 Å². The Balaban J connectivity index is 1.77. The van der Waals surface area contributed by atoms with Crippen LogP contribution in [0.5, 0.6) is 11.5 Å². The molecule has 2 aromatic carbocycles. The lowest BCUT2D eigenvalue weighted by Gasteiger charge is -2.14. The van der Waals surface area contributed by atoms with Gasteiger partial charge in [-0.25, -0.2) is 0 Å². The fourth-order valence-corrected chi connectivity index (χ4v) is 3.22. The molecule has 0 aliphatic heterocycles. The summed E-state index contributed by atoms with van der Waals surface area (Å²) in [4.78, 5) is 13.4. The Kier molecular flexibility index (Phi) is 6.18. The second-order valence-corrected chi connectivity index (χ2v) is 6.87. The molecule has 162 valence electrons. The fourth-order valence-electron chi connectivity index (χ4n) is 2.99. The van der Waals surface area contributed by atoms with Crippen molar-refractivity contribution in [2.24, 2.45) is 0 Å². The smallest absolute Gasteiger partial charge is 0.274 e. The van der Waals surface area contributed by atoms with Gasteiger partial charge in [-0.15, -0.1) is 5.10 Å². The van der Waals surface area contributed by atoms with Crippen LogP contribution in [0.1, 0.15) is 5.76 Å². The van der Waals surface area contributed by atoms with Gasteiger partial charge in [0, 0.05) is 23.8 Å². The Bertz CT molecular complexity index is 1250. The van der Waals surface area contributed by atoms with Crippen LogP contribution in [0, 0.1) is 0 Å². The van der Waals surface area contributed by atoms with Crippen molar-refractivity contribution in [1.29, 1.82) is 0 Å². The molecule has 0 bridgehead atoms. The number of amides is 1. The second-order valence-electron chi connectivity index (χ2n) is 6.47. The van der Waals surface area contributed by atoms with E-state index >= 15 is 0 Å². The summed E-state index contributed by atoms with van der Waals surface area (Å²) in [6.07, 6.45) is 3.05. The number of hydrogen-bond donors (Lipinski definition) is 1. The van der Waals surface area contributed by atoms with E-state index in [9.17, 15) is 4.79 Å². The topological polar surface area (TPSA) is 104 Å². The highest BCUT2D eigenvalue weighted by molar-refractivity contribution is 6.32. The summed E-state index contributed by atoms with van der Waals surface area (Å²) in [7, 11) is 2.96. The van der Waals surface area contributed by atoms with Crippen molar-refractivity contribution in [2.45, 2.75) is 0 Å². The van der Waals surface area contributed by atoms with Crippen LogP contribution in [0.3, 0.4) is 0 Å². The van der Waals surface area contributed by atoms with Gasteiger partial charge in [0.2, 0.25) is 0 Å². The molecule has 0 unspecified atom stereocenters. The van der Waals surface area contributed by atoms with Gasteiger partial charge in [-0.2, -0.15) is 4.68 Å². The third kappa shape index (κ3) is 4.33. The van der Waals surface area contributed by atoms with Gasteiger partial charge in [-0.3, -0.25) is 4.79 Å². The summed E-state index contributed by atoms with van der Waals surface area (Å²) in [5.74, 6) is 1.08. The molecule has 0 spiro atoms. The van der Waals surface area contributed by atoms with Crippen molar-refractivity contribution in [3.05, 3.63) is 71.6 Å². The molecule has 0 atom stereocenters. The second kappa shape index (κ2) is 9.36. The zero-order valence-electron chi connectivity index (χ0n) is 17.2. The van der Waals surface area contributed by atoms with Gasteiger partial charge in [-0.05, 0) is 22.6 Å². The van der Waals surface area contributed by atoms with E-state index in [4.69, 9.17) is 25.5 Å². The van der Waals surface area contributed by atoms with Gasteiger partial charge >= 0.3 is 0 Å². The van der Waals surface area contributed by atoms with Crippen molar-refractivity contribution in [3.8, 4) is 22.9 Å². The van der Waals surface area contributed by atoms with E-state index in [-0.39, 0.29) is 5.70 Å². The lowest BCUT2D eigenvalue weighted by atomic mass is 10.2. The molecule has 0 aliphatic carbocycles. The number of furan rings is 1. The molecule has 2 heterocycles. The normalized spacial score (nSPS) is 11.3. The average molecular weight is 452 g/mol. The van der Waals surface area contributed by atoms with Crippen molar-refractivity contribution in [3.63, 3.8) is 0 Å². The predicted molar refractivity (Wildman–Crippen MR) is 119 cm³/mol. The quantitative estimate of drug-likeness (QED) is 0.419. The number of nitrogens with one attached hydrogen (secondary N) is 1. The molecule has 4 aromatic rings. The van der Waals surface area contributed by atoms with E-state index in [2.05, 4.69) is 20.8 Å². The van der Waals surface area contributed by atoms with Crippen molar-refractivity contribution in [1.82, 2.24) is 20.2 Å². The number of carbonyl (C=O) groups is 1. The van der Waals surface area contributed by atoms with Gasteiger partial charge < -0.3 is 19.2 Å². The largest absolute Gasteiger partial charge is 0.495 e. The first-order chi connectivity index (χ1) is 15.6. The molecule has 4 rings (SSSR count). The number of ether oxygens (including phenoxy) is 2. The van der Waals surface area contributed by atoms with Crippen LogP contribution in [-0.2, 0) is 4.79 Å². The van der Waals surface area contributed by atoms with Crippen LogP contribution < -0.4 is 14.8 Å². The minimum atomic E-state index is -0.506. The summed E-state index contributed by atoms with van der Waals surface area (Å²) in [5.41, 5.74) is 1.22. The maximum Gasteiger partial charge on any atom is 0.274 e. The van der Waals surface area contributed by atoms with Crippen LogP contribution in [0.2, 0.25) is 5.02 Å². The highest BCUT2D eigenvalue weighted by Gasteiger charge is 2.22. The van der Waals surface area contributed by atoms with Crippen LogP contribution in [0.15, 0.2) is 65.3 Å². The SMILES string of the molecule is COc1cc(NC(=O)/C(=C/c2ccco2)n2nnnc2-c2ccccc2)c(OC)cc1Cl. The molecular formula is C22H18ClN5O4. The van der Waals surface area contributed by atoms with Gasteiger partial charge in [-0.1, -0.05) is 41.9 Å². The Morgan fingerprint density at radius 3 is 2.56 bits per heavy atom. The Morgan fingerprint density at radius 2 is 1.88 bits per heavy atom. The minimum Gasteiger partial charge on any atom is -0.495 e. The number of hydrogen-bond acceptors (Lipinski definition) is 7. The summed E-state index contributed by atoms with van der Waals surface area (Å²) < 4.78 is 17.4. The molecular weight excluding hydrogens is 434 g/mol. The number of carbonyl (C=O) groups excluding carboxylic acids is 1. The summed E-state index contributed by atoms with van der Waals surface area (Å²) in [5, 5.41) is 15.0. The molecule has 32 heavy (non-hydrogen) atoms. The molecule has 0 fully saturated rings. The first-order valence-electron chi connectivity index (χ1n) is 9.43. The lowest BCUT2D eigenvalue weighted by Crippen LogP contribution is -2.20. The average Bonchev–Trinajstić information content (AvgIpc) is 3.51. The maximum atomic E-state index is 13.4. The van der Waals surface area contributed by atoms with Gasteiger partial charge in [0.15, 0.2) is 5.82 Å².